The van der Waals surface area contributed by atoms with E-state index in [4.69, 9.17) is 4.74 Å². The Morgan fingerprint density at radius 1 is 1.20 bits per heavy atom. The molecule has 1 unspecified atom stereocenters. The van der Waals surface area contributed by atoms with Crippen molar-refractivity contribution < 1.29 is 19.5 Å². The van der Waals surface area contributed by atoms with E-state index in [0.717, 1.165) is 10.3 Å². The normalized spacial score (nSPS) is 13.8. The third kappa shape index (κ3) is 4.89. The van der Waals surface area contributed by atoms with E-state index in [2.05, 4.69) is 10.2 Å². The standard InChI is InChI=1S/C18H25N4O3/c1-13(2)21(24)12-14-6-8-15(9-7-14)25-17(16(23)18(3,4)5)22-19-10-11-20-22/h6-13,17,24H,1-5H3/q+1. The van der Waals surface area contributed by atoms with Crippen LogP contribution in [0.4, 0.5) is 0 Å². The van der Waals surface area contributed by atoms with E-state index in [-0.39, 0.29) is 11.8 Å². The first-order chi connectivity index (χ1) is 11.7. The second kappa shape index (κ2) is 7.46. The number of Topliss-reactive ketones (excluding diaryl/α,β-unsaturated/α-hetero) is 1. The van der Waals surface area contributed by atoms with Crippen molar-refractivity contribution in [2.45, 2.75) is 46.9 Å². The van der Waals surface area contributed by atoms with Gasteiger partial charge in [-0.05, 0) is 29.0 Å². The van der Waals surface area contributed by atoms with Gasteiger partial charge in [-0.2, -0.15) is 10.2 Å². The Morgan fingerprint density at radius 2 is 1.76 bits per heavy atom. The number of hydroxylamine groups is 1. The Balaban J connectivity index is 2.22. The lowest BCUT2D eigenvalue weighted by Gasteiger charge is -2.24. The lowest BCUT2D eigenvalue weighted by Crippen LogP contribution is -2.35. The van der Waals surface area contributed by atoms with Gasteiger partial charge in [0, 0.05) is 24.8 Å². The summed E-state index contributed by atoms with van der Waals surface area (Å²) in [5.41, 5.74) is 0.222. The van der Waals surface area contributed by atoms with Crippen LogP contribution in [0.1, 0.15) is 46.4 Å². The van der Waals surface area contributed by atoms with Crippen molar-refractivity contribution in [2.75, 3.05) is 0 Å². The van der Waals surface area contributed by atoms with Crippen LogP contribution >= 0.6 is 0 Å². The van der Waals surface area contributed by atoms with Crippen LogP contribution in [0.5, 0.6) is 5.75 Å². The largest absolute Gasteiger partial charge is 0.460 e. The highest BCUT2D eigenvalue weighted by Gasteiger charge is 2.33. The Kier molecular flexibility index (Phi) is 5.56. The topological polar surface area (TPSA) is 80.2 Å². The van der Waals surface area contributed by atoms with Crippen LogP contribution in [-0.4, -0.2) is 43.0 Å². The van der Waals surface area contributed by atoms with E-state index in [0.29, 0.717) is 5.75 Å². The maximum absolute atomic E-state index is 12.7. The molecule has 7 heteroatoms. The number of aromatic nitrogens is 3. The fourth-order valence-corrected chi connectivity index (χ4v) is 1.99. The fourth-order valence-electron chi connectivity index (χ4n) is 1.99. The molecule has 0 aliphatic rings. The maximum Gasteiger partial charge on any atom is 0.267 e. The molecule has 0 spiro atoms. The van der Waals surface area contributed by atoms with Gasteiger partial charge in [-0.25, -0.2) is 0 Å². The molecule has 0 fully saturated rings. The predicted molar refractivity (Wildman–Crippen MR) is 92.9 cm³/mol. The van der Waals surface area contributed by atoms with Crippen LogP contribution in [0.3, 0.4) is 0 Å². The summed E-state index contributed by atoms with van der Waals surface area (Å²) >= 11 is 0. The number of nitrogens with zero attached hydrogens (tertiary/aromatic N) is 4. The molecule has 0 radical (unpaired) electrons. The number of rotatable bonds is 6. The molecule has 2 aromatic rings. The highest BCUT2D eigenvalue weighted by Crippen LogP contribution is 2.25. The summed E-state index contributed by atoms with van der Waals surface area (Å²) in [5, 5.41) is 17.8. The monoisotopic (exact) mass is 345 g/mol. The van der Waals surface area contributed by atoms with Crippen molar-refractivity contribution in [2.24, 2.45) is 5.41 Å². The molecule has 1 N–H and O–H groups in total. The van der Waals surface area contributed by atoms with Crippen LogP contribution < -0.4 is 4.74 Å². The first-order valence-electron chi connectivity index (χ1n) is 8.17. The molecule has 0 aliphatic carbocycles. The van der Waals surface area contributed by atoms with E-state index >= 15 is 0 Å². The van der Waals surface area contributed by atoms with Gasteiger partial charge < -0.3 is 4.74 Å². The van der Waals surface area contributed by atoms with Gasteiger partial charge in [0.25, 0.3) is 6.23 Å². The van der Waals surface area contributed by atoms with Crippen LogP contribution in [0, 0.1) is 5.41 Å². The van der Waals surface area contributed by atoms with Gasteiger partial charge in [0.2, 0.25) is 12.0 Å². The molecule has 134 valence electrons. The molecule has 0 saturated carbocycles. The van der Waals surface area contributed by atoms with Crippen molar-refractivity contribution in [3.8, 4) is 5.75 Å². The van der Waals surface area contributed by atoms with Crippen molar-refractivity contribution in [1.29, 1.82) is 0 Å². The Morgan fingerprint density at radius 3 is 2.24 bits per heavy atom. The minimum absolute atomic E-state index is 0.0180. The summed E-state index contributed by atoms with van der Waals surface area (Å²) < 4.78 is 6.99. The first-order valence-corrected chi connectivity index (χ1v) is 8.17. The van der Waals surface area contributed by atoms with Gasteiger partial charge in [-0.1, -0.05) is 20.8 Å². The van der Waals surface area contributed by atoms with Crippen LogP contribution in [0.15, 0.2) is 36.7 Å². The molecule has 1 heterocycles. The van der Waals surface area contributed by atoms with E-state index in [9.17, 15) is 10.0 Å². The van der Waals surface area contributed by atoms with Gasteiger partial charge in [-0.15, -0.1) is 4.80 Å². The second-order valence-electron chi connectivity index (χ2n) is 7.11. The highest BCUT2D eigenvalue weighted by molar-refractivity contribution is 5.86. The summed E-state index contributed by atoms with van der Waals surface area (Å²) in [6.07, 6.45) is 3.70. The Bertz CT molecular complexity index is 729. The summed E-state index contributed by atoms with van der Waals surface area (Å²) in [6, 6.07) is 7.07. The average Bonchev–Trinajstić information content (AvgIpc) is 3.06. The zero-order valence-electron chi connectivity index (χ0n) is 15.2. The summed E-state index contributed by atoms with van der Waals surface area (Å²) in [5.74, 6) is 0.395. The van der Waals surface area contributed by atoms with E-state index < -0.39 is 11.6 Å². The lowest BCUT2D eigenvalue weighted by atomic mass is 9.90. The van der Waals surface area contributed by atoms with Crippen molar-refractivity contribution in [1.82, 2.24) is 15.0 Å². The zero-order valence-corrected chi connectivity index (χ0v) is 15.2. The summed E-state index contributed by atoms with van der Waals surface area (Å²) in [6.45, 7) is 9.25. The molecule has 0 saturated heterocycles. The van der Waals surface area contributed by atoms with Crippen LogP contribution in [0.2, 0.25) is 0 Å². The Labute approximate surface area is 147 Å². The fraction of sp³-hybridized carbons (Fsp3) is 0.444. The lowest BCUT2D eigenvalue weighted by molar-refractivity contribution is -0.791. The summed E-state index contributed by atoms with van der Waals surface area (Å²) in [4.78, 5) is 13.9. The zero-order chi connectivity index (χ0) is 18.6. The van der Waals surface area contributed by atoms with Crippen molar-refractivity contribution in [3.05, 3.63) is 42.2 Å². The van der Waals surface area contributed by atoms with Crippen molar-refractivity contribution in [3.63, 3.8) is 0 Å². The van der Waals surface area contributed by atoms with E-state index in [1.54, 1.807) is 30.5 Å². The SMILES string of the molecule is CC(C)[N+](O)=Cc1ccc(OC(C(=O)C(C)(C)C)n2nccn2)cc1. The number of ketones is 1. The number of carbonyl (C=O) groups excluding carboxylic acids is 1. The van der Waals surface area contributed by atoms with E-state index in [1.807, 2.05) is 34.6 Å². The minimum Gasteiger partial charge on any atom is -0.460 e. The van der Waals surface area contributed by atoms with Crippen molar-refractivity contribution >= 4 is 12.0 Å². The number of hydrogen-bond donors (Lipinski definition) is 1. The molecule has 1 aromatic carbocycles. The molecule has 1 atom stereocenters. The second-order valence-corrected chi connectivity index (χ2v) is 7.11. The molecule has 7 nitrogen and oxygen atoms in total. The highest BCUT2D eigenvalue weighted by atomic mass is 16.5. The van der Waals surface area contributed by atoms with Gasteiger partial charge in [0.05, 0.1) is 12.4 Å². The molecule has 0 amide bonds. The predicted octanol–water partition coefficient (Wildman–Crippen LogP) is 2.70. The smallest absolute Gasteiger partial charge is 0.267 e. The average molecular weight is 345 g/mol. The van der Waals surface area contributed by atoms with Gasteiger partial charge in [0.15, 0.2) is 6.04 Å². The number of benzene rings is 1. The Hall–Kier alpha value is -2.70. The van der Waals surface area contributed by atoms with Crippen LogP contribution in [0.25, 0.3) is 0 Å². The van der Waals surface area contributed by atoms with Gasteiger partial charge in [-0.3, -0.25) is 10.0 Å². The molecular weight excluding hydrogens is 320 g/mol. The molecule has 0 aliphatic heterocycles. The minimum atomic E-state index is -0.935. The quantitative estimate of drug-likeness (QED) is 0.377. The molecule has 1 aromatic heterocycles. The third-order valence-electron chi connectivity index (χ3n) is 3.55. The molecule has 25 heavy (non-hydrogen) atoms. The summed E-state index contributed by atoms with van der Waals surface area (Å²) in [7, 11) is 0. The number of ether oxygens (including phenoxy) is 1. The van der Waals surface area contributed by atoms with Gasteiger partial charge in [0.1, 0.15) is 5.75 Å². The first kappa shape index (κ1) is 18.6. The van der Waals surface area contributed by atoms with E-state index in [1.165, 1.54) is 17.2 Å². The molecular formula is C18H25N4O3+. The number of carbonyl (C=O) groups is 1. The maximum atomic E-state index is 12.7. The third-order valence-corrected chi connectivity index (χ3v) is 3.55. The van der Waals surface area contributed by atoms with Gasteiger partial charge >= 0.3 is 0 Å². The molecule has 2 rings (SSSR count). The number of hydrogen-bond acceptors (Lipinski definition) is 5. The van der Waals surface area contributed by atoms with Crippen LogP contribution in [-0.2, 0) is 4.79 Å². The molecule has 0 bridgehead atoms.